The Balaban J connectivity index is 1.79. The topological polar surface area (TPSA) is 82.3 Å². The number of amides is 1. The number of methoxy groups -OCH3 is 3. The number of furan rings is 1. The molecule has 0 fully saturated rings. The van der Waals surface area contributed by atoms with Crippen LogP contribution in [0.15, 0.2) is 50.4 Å². The lowest BCUT2D eigenvalue weighted by Gasteiger charge is -2.09. The molecule has 140 valence electrons. The standard InChI is InChI=1S/C19H17BrN2O5/c1-24-14-6-4-5-11-8-17(27-18(11)14)19(23)22-21-10-12-7-13(20)16(26-3)9-15(12)25-2/h4-10H,1-3H3,(H,22,23). The van der Waals surface area contributed by atoms with Crippen LogP contribution in [-0.4, -0.2) is 33.5 Å². The summed E-state index contributed by atoms with van der Waals surface area (Å²) in [6, 6.07) is 10.6. The predicted molar refractivity (Wildman–Crippen MR) is 105 cm³/mol. The van der Waals surface area contributed by atoms with E-state index < -0.39 is 5.91 Å². The van der Waals surface area contributed by atoms with Crippen LogP contribution in [0.2, 0.25) is 0 Å². The Bertz CT molecular complexity index is 1010. The van der Waals surface area contributed by atoms with E-state index in [-0.39, 0.29) is 5.76 Å². The third-order valence-corrected chi connectivity index (χ3v) is 4.45. The van der Waals surface area contributed by atoms with E-state index in [0.29, 0.717) is 28.4 Å². The maximum absolute atomic E-state index is 12.3. The molecular weight excluding hydrogens is 416 g/mol. The van der Waals surface area contributed by atoms with Crippen LogP contribution in [0.25, 0.3) is 11.0 Å². The lowest BCUT2D eigenvalue weighted by molar-refractivity contribution is 0.0929. The Labute approximate surface area is 164 Å². The van der Waals surface area contributed by atoms with Gasteiger partial charge in [0.2, 0.25) is 0 Å². The van der Waals surface area contributed by atoms with Crippen LogP contribution in [0.1, 0.15) is 16.1 Å². The number of carbonyl (C=O) groups is 1. The molecule has 7 nitrogen and oxygen atoms in total. The second-order valence-electron chi connectivity index (χ2n) is 5.42. The molecule has 8 heteroatoms. The Morgan fingerprint density at radius 1 is 1.07 bits per heavy atom. The minimum Gasteiger partial charge on any atom is -0.496 e. The molecule has 0 bridgehead atoms. The Hall–Kier alpha value is -3.00. The number of nitrogens with zero attached hydrogens (tertiary/aromatic N) is 1. The van der Waals surface area contributed by atoms with E-state index in [0.717, 1.165) is 9.86 Å². The molecule has 0 saturated heterocycles. The van der Waals surface area contributed by atoms with E-state index in [1.807, 2.05) is 12.1 Å². The number of hydrogen-bond donors (Lipinski definition) is 1. The fourth-order valence-corrected chi connectivity index (χ4v) is 3.03. The van der Waals surface area contributed by atoms with E-state index in [1.165, 1.54) is 6.21 Å². The number of fused-ring (bicyclic) bond motifs is 1. The molecule has 27 heavy (non-hydrogen) atoms. The summed E-state index contributed by atoms with van der Waals surface area (Å²) in [5.74, 6) is 1.40. The summed E-state index contributed by atoms with van der Waals surface area (Å²) in [5, 5.41) is 4.75. The first kappa shape index (κ1) is 18.8. The van der Waals surface area contributed by atoms with Crippen molar-refractivity contribution in [2.75, 3.05) is 21.3 Å². The van der Waals surface area contributed by atoms with Gasteiger partial charge in [-0.25, -0.2) is 5.43 Å². The fraction of sp³-hybridized carbons (Fsp3) is 0.158. The van der Waals surface area contributed by atoms with Gasteiger partial charge in [-0.1, -0.05) is 12.1 Å². The third kappa shape index (κ3) is 3.90. The Morgan fingerprint density at radius 3 is 2.52 bits per heavy atom. The van der Waals surface area contributed by atoms with Crippen LogP contribution in [0.4, 0.5) is 0 Å². The third-order valence-electron chi connectivity index (χ3n) is 3.83. The molecule has 0 saturated carbocycles. The molecule has 0 spiro atoms. The van der Waals surface area contributed by atoms with Gasteiger partial charge >= 0.3 is 5.91 Å². The molecule has 0 aliphatic carbocycles. The van der Waals surface area contributed by atoms with Crippen LogP contribution in [0.5, 0.6) is 17.2 Å². The van der Waals surface area contributed by atoms with Gasteiger partial charge in [-0.15, -0.1) is 0 Å². The van der Waals surface area contributed by atoms with Crippen LogP contribution in [0, 0.1) is 0 Å². The molecule has 2 aromatic carbocycles. The maximum Gasteiger partial charge on any atom is 0.307 e. The van der Waals surface area contributed by atoms with Gasteiger partial charge in [0.25, 0.3) is 0 Å². The van der Waals surface area contributed by atoms with Crippen LogP contribution >= 0.6 is 15.9 Å². The molecule has 1 amide bonds. The number of ether oxygens (including phenoxy) is 3. The summed E-state index contributed by atoms with van der Waals surface area (Å²) < 4.78 is 22.1. The molecular formula is C19H17BrN2O5. The average Bonchev–Trinajstić information content (AvgIpc) is 3.12. The van der Waals surface area contributed by atoms with Crippen molar-refractivity contribution >= 4 is 39.0 Å². The Morgan fingerprint density at radius 2 is 1.81 bits per heavy atom. The van der Waals surface area contributed by atoms with Crippen molar-refractivity contribution in [1.82, 2.24) is 5.43 Å². The minimum absolute atomic E-state index is 0.134. The molecule has 0 unspecified atom stereocenters. The second-order valence-corrected chi connectivity index (χ2v) is 6.27. The smallest absolute Gasteiger partial charge is 0.307 e. The predicted octanol–water partition coefficient (Wildman–Crippen LogP) is 3.99. The first-order valence-electron chi connectivity index (χ1n) is 7.89. The first-order chi connectivity index (χ1) is 13.1. The largest absolute Gasteiger partial charge is 0.496 e. The SMILES string of the molecule is COc1cc(OC)c(C=NNC(=O)c2cc3cccc(OC)c3o2)cc1Br. The zero-order valence-electron chi connectivity index (χ0n) is 14.9. The van der Waals surface area contributed by atoms with Gasteiger partial charge in [-0.05, 0) is 34.1 Å². The number of hydrogen-bond acceptors (Lipinski definition) is 6. The number of rotatable bonds is 6. The number of benzene rings is 2. The average molecular weight is 433 g/mol. The normalized spacial score (nSPS) is 11.0. The van der Waals surface area contributed by atoms with E-state index >= 15 is 0 Å². The summed E-state index contributed by atoms with van der Waals surface area (Å²) >= 11 is 3.40. The quantitative estimate of drug-likeness (QED) is 0.470. The highest BCUT2D eigenvalue weighted by atomic mass is 79.9. The van der Waals surface area contributed by atoms with Crippen LogP contribution in [0.3, 0.4) is 0 Å². The van der Waals surface area contributed by atoms with Crippen molar-refractivity contribution in [1.29, 1.82) is 0 Å². The molecule has 1 heterocycles. The van der Waals surface area contributed by atoms with Gasteiger partial charge in [0.15, 0.2) is 17.1 Å². The van der Waals surface area contributed by atoms with Crippen LogP contribution in [-0.2, 0) is 0 Å². The number of nitrogens with one attached hydrogen (secondary N) is 1. The molecule has 1 aromatic heterocycles. The summed E-state index contributed by atoms with van der Waals surface area (Å²) in [6.45, 7) is 0. The van der Waals surface area contributed by atoms with Crippen molar-refractivity contribution in [3.8, 4) is 17.2 Å². The lowest BCUT2D eigenvalue weighted by Crippen LogP contribution is -2.16. The number of carbonyl (C=O) groups excluding carboxylic acids is 1. The molecule has 1 N–H and O–H groups in total. The van der Waals surface area contributed by atoms with Crippen LogP contribution < -0.4 is 19.6 Å². The van der Waals surface area contributed by atoms with E-state index in [1.54, 1.807) is 45.6 Å². The molecule has 0 aliphatic rings. The minimum atomic E-state index is -0.476. The fourth-order valence-electron chi connectivity index (χ4n) is 2.51. The lowest BCUT2D eigenvalue weighted by atomic mass is 10.2. The monoisotopic (exact) mass is 432 g/mol. The van der Waals surface area contributed by atoms with Crippen molar-refractivity contribution in [2.45, 2.75) is 0 Å². The van der Waals surface area contributed by atoms with Gasteiger partial charge in [-0.2, -0.15) is 5.10 Å². The summed E-state index contributed by atoms with van der Waals surface area (Å²) in [7, 11) is 4.65. The highest BCUT2D eigenvalue weighted by molar-refractivity contribution is 9.10. The van der Waals surface area contributed by atoms with Gasteiger partial charge < -0.3 is 18.6 Å². The highest BCUT2D eigenvalue weighted by Crippen LogP contribution is 2.32. The molecule has 3 rings (SSSR count). The zero-order chi connectivity index (χ0) is 19.4. The number of hydrazone groups is 1. The molecule has 0 radical (unpaired) electrons. The maximum atomic E-state index is 12.3. The zero-order valence-corrected chi connectivity index (χ0v) is 16.5. The molecule has 0 atom stereocenters. The van der Waals surface area contributed by atoms with Gasteiger partial charge in [0.05, 0.1) is 32.0 Å². The first-order valence-corrected chi connectivity index (χ1v) is 8.68. The van der Waals surface area contributed by atoms with Crippen molar-refractivity contribution in [3.63, 3.8) is 0 Å². The van der Waals surface area contributed by atoms with E-state index in [9.17, 15) is 4.79 Å². The van der Waals surface area contributed by atoms with Crippen molar-refractivity contribution in [2.24, 2.45) is 5.10 Å². The summed E-state index contributed by atoms with van der Waals surface area (Å²) in [6.07, 6.45) is 1.48. The van der Waals surface area contributed by atoms with Gasteiger partial charge in [-0.3, -0.25) is 4.79 Å². The van der Waals surface area contributed by atoms with Gasteiger partial charge in [0, 0.05) is 17.0 Å². The van der Waals surface area contributed by atoms with Gasteiger partial charge in [0.1, 0.15) is 11.5 Å². The number of para-hydroxylation sites is 1. The van der Waals surface area contributed by atoms with E-state index in [2.05, 4.69) is 26.5 Å². The van der Waals surface area contributed by atoms with E-state index in [4.69, 9.17) is 18.6 Å². The molecule has 0 aliphatic heterocycles. The van der Waals surface area contributed by atoms with Crippen molar-refractivity contribution in [3.05, 3.63) is 52.2 Å². The summed E-state index contributed by atoms with van der Waals surface area (Å²) in [4.78, 5) is 12.3. The number of halogens is 1. The Kier molecular flexibility index (Phi) is 5.66. The highest BCUT2D eigenvalue weighted by Gasteiger charge is 2.14. The second kappa shape index (κ2) is 8.13. The summed E-state index contributed by atoms with van der Waals surface area (Å²) in [5.41, 5.74) is 3.61. The molecule has 3 aromatic rings. The van der Waals surface area contributed by atoms with Crippen molar-refractivity contribution < 1.29 is 23.4 Å².